The summed E-state index contributed by atoms with van der Waals surface area (Å²) in [7, 11) is 14.6. The van der Waals surface area contributed by atoms with Crippen molar-refractivity contribution in [3.8, 4) is 0 Å². The number of nitrogens with zero attached hydrogens (tertiary/aromatic N) is 3. The van der Waals surface area contributed by atoms with Crippen LogP contribution in [0.2, 0.25) is 12.6 Å². The highest BCUT2D eigenvalue weighted by molar-refractivity contribution is 6.65. The van der Waals surface area contributed by atoms with Crippen molar-refractivity contribution in [2.75, 3.05) is 76.1 Å². The van der Waals surface area contributed by atoms with Crippen molar-refractivity contribution in [3.05, 3.63) is 0 Å². The highest BCUT2D eigenvalue weighted by Gasteiger charge is 2.36. The normalized spacial score (nSPS) is 13.5. The molecule has 146 valence electrons. The molecule has 24 heavy (non-hydrogen) atoms. The predicted octanol–water partition coefficient (Wildman–Crippen LogP) is 2.58. The Balaban J connectivity index is 5.18. The molecule has 0 aliphatic rings. The standard InChI is InChI=1S/C18H43N3O2Si/c1-19(2)14-10-18(11-15-20(3)4,12-16-21(5)6)13-17-24(9,22-7)23-8/h10-17H2,1-9H3. The maximum absolute atomic E-state index is 5.74. The molecule has 0 aliphatic heterocycles. The summed E-state index contributed by atoms with van der Waals surface area (Å²) < 4.78 is 11.5. The SMILES string of the molecule is CO[Si](C)(CCC(CCN(C)C)(CCN(C)C)CCN(C)C)OC. The predicted molar refractivity (Wildman–Crippen MR) is 107 cm³/mol. The molecule has 0 fully saturated rings. The molecule has 0 unspecified atom stereocenters. The van der Waals surface area contributed by atoms with Crippen molar-refractivity contribution in [3.63, 3.8) is 0 Å². The Hall–Kier alpha value is 0.0169. The molecule has 0 aromatic rings. The van der Waals surface area contributed by atoms with Crippen LogP contribution in [0.15, 0.2) is 0 Å². The monoisotopic (exact) mass is 361 g/mol. The first-order valence-electron chi connectivity index (χ1n) is 9.12. The van der Waals surface area contributed by atoms with Gasteiger partial charge in [-0.25, -0.2) is 0 Å². The van der Waals surface area contributed by atoms with E-state index in [9.17, 15) is 0 Å². The van der Waals surface area contributed by atoms with Crippen molar-refractivity contribution in [1.82, 2.24) is 14.7 Å². The fourth-order valence-electron chi connectivity index (χ4n) is 2.91. The molecule has 6 heteroatoms. The smallest absolute Gasteiger partial charge is 0.334 e. The van der Waals surface area contributed by atoms with E-state index < -0.39 is 8.56 Å². The van der Waals surface area contributed by atoms with E-state index in [0.717, 1.165) is 25.7 Å². The summed E-state index contributed by atoms with van der Waals surface area (Å²) in [5.74, 6) is 0. The fraction of sp³-hybridized carbons (Fsp3) is 1.00. The molecular weight excluding hydrogens is 318 g/mol. The van der Waals surface area contributed by atoms with Gasteiger partial charge in [0.2, 0.25) is 0 Å². The summed E-state index contributed by atoms with van der Waals surface area (Å²) >= 11 is 0. The van der Waals surface area contributed by atoms with E-state index in [1.54, 1.807) is 14.2 Å². The molecule has 0 saturated heterocycles. The molecule has 0 bridgehead atoms. The minimum absolute atomic E-state index is 0.351. The second kappa shape index (κ2) is 11.6. The van der Waals surface area contributed by atoms with Gasteiger partial charge in [0, 0.05) is 14.2 Å². The summed E-state index contributed by atoms with van der Waals surface area (Å²) in [6.45, 7) is 5.60. The third-order valence-corrected chi connectivity index (χ3v) is 8.13. The van der Waals surface area contributed by atoms with Gasteiger partial charge in [0.1, 0.15) is 0 Å². The second-order valence-electron chi connectivity index (χ2n) is 8.20. The molecule has 0 atom stereocenters. The first kappa shape index (κ1) is 24.0. The van der Waals surface area contributed by atoms with Crippen LogP contribution in [-0.2, 0) is 8.85 Å². The van der Waals surface area contributed by atoms with Crippen molar-refractivity contribution in [2.45, 2.75) is 38.3 Å². The van der Waals surface area contributed by atoms with Gasteiger partial charge in [-0.15, -0.1) is 0 Å². The van der Waals surface area contributed by atoms with Gasteiger partial charge in [-0.2, -0.15) is 0 Å². The van der Waals surface area contributed by atoms with E-state index in [4.69, 9.17) is 8.85 Å². The molecule has 0 radical (unpaired) electrons. The van der Waals surface area contributed by atoms with Gasteiger partial charge in [0.25, 0.3) is 0 Å². The summed E-state index contributed by atoms with van der Waals surface area (Å²) in [5, 5.41) is 0. The average molecular weight is 362 g/mol. The zero-order valence-electron chi connectivity index (χ0n) is 17.8. The van der Waals surface area contributed by atoms with Gasteiger partial charge >= 0.3 is 8.56 Å². The minimum Gasteiger partial charge on any atom is -0.398 e. The van der Waals surface area contributed by atoms with E-state index in [0.29, 0.717) is 5.41 Å². The number of hydrogen-bond donors (Lipinski definition) is 0. The van der Waals surface area contributed by atoms with Crippen LogP contribution in [0.1, 0.15) is 25.7 Å². The summed E-state index contributed by atoms with van der Waals surface area (Å²) in [5.41, 5.74) is 0.351. The molecule has 0 saturated carbocycles. The molecule has 0 spiro atoms. The molecular formula is C18H43N3O2Si. The lowest BCUT2D eigenvalue weighted by Crippen LogP contribution is -2.40. The van der Waals surface area contributed by atoms with Crippen molar-refractivity contribution in [1.29, 1.82) is 0 Å². The summed E-state index contributed by atoms with van der Waals surface area (Å²) in [6, 6.07) is 1.06. The zero-order valence-corrected chi connectivity index (χ0v) is 18.8. The van der Waals surface area contributed by atoms with Crippen molar-refractivity contribution < 1.29 is 8.85 Å². The van der Waals surface area contributed by atoms with Crippen LogP contribution in [0.3, 0.4) is 0 Å². The number of hydrogen-bond acceptors (Lipinski definition) is 5. The molecule has 0 rings (SSSR count). The highest BCUT2D eigenvalue weighted by Crippen LogP contribution is 2.39. The molecule has 0 aliphatic carbocycles. The molecule has 0 amide bonds. The lowest BCUT2D eigenvalue weighted by molar-refractivity contribution is 0.142. The van der Waals surface area contributed by atoms with E-state index in [1.807, 2.05) is 0 Å². The highest BCUT2D eigenvalue weighted by atomic mass is 28.4. The lowest BCUT2D eigenvalue weighted by Gasteiger charge is -2.39. The Kier molecular flexibility index (Phi) is 11.6. The average Bonchev–Trinajstić information content (AvgIpc) is 2.52. The van der Waals surface area contributed by atoms with Crippen LogP contribution in [-0.4, -0.2) is 99.4 Å². The molecule has 0 aromatic carbocycles. The topological polar surface area (TPSA) is 28.2 Å². The van der Waals surface area contributed by atoms with E-state index in [-0.39, 0.29) is 0 Å². The van der Waals surface area contributed by atoms with Gasteiger partial charge in [-0.1, -0.05) is 0 Å². The molecule has 5 nitrogen and oxygen atoms in total. The van der Waals surface area contributed by atoms with Crippen LogP contribution in [0.4, 0.5) is 0 Å². The van der Waals surface area contributed by atoms with E-state index >= 15 is 0 Å². The van der Waals surface area contributed by atoms with Crippen molar-refractivity contribution >= 4 is 8.56 Å². The van der Waals surface area contributed by atoms with Crippen LogP contribution in [0.25, 0.3) is 0 Å². The summed E-state index contributed by atoms with van der Waals surface area (Å²) in [6.07, 6.45) is 4.89. The van der Waals surface area contributed by atoms with Crippen LogP contribution in [0, 0.1) is 5.41 Å². The largest absolute Gasteiger partial charge is 0.398 e. The molecule has 0 aromatic heterocycles. The Morgan fingerprint density at radius 3 is 1.25 bits per heavy atom. The maximum atomic E-state index is 5.74. The van der Waals surface area contributed by atoms with E-state index in [2.05, 4.69) is 63.5 Å². The maximum Gasteiger partial charge on any atom is 0.334 e. The Labute approximate surface area is 152 Å². The fourth-order valence-corrected chi connectivity index (χ4v) is 4.47. The Morgan fingerprint density at radius 1 is 0.667 bits per heavy atom. The Bertz CT molecular complexity index is 290. The first-order valence-corrected chi connectivity index (χ1v) is 11.6. The van der Waals surface area contributed by atoms with Crippen LogP contribution < -0.4 is 0 Å². The third-order valence-electron chi connectivity index (χ3n) is 5.24. The Morgan fingerprint density at radius 2 is 1.00 bits per heavy atom. The van der Waals surface area contributed by atoms with E-state index in [1.165, 1.54) is 25.7 Å². The zero-order chi connectivity index (χ0) is 18.8. The van der Waals surface area contributed by atoms with Crippen molar-refractivity contribution in [2.24, 2.45) is 5.41 Å². The van der Waals surface area contributed by atoms with Gasteiger partial charge < -0.3 is 23.6 Å². The van der Waals surface area contributed by atoms with Gasteiger partial charge in [-0.05, 0) is 106 Å². The van der Waals surface area contributed by atoms with Gasteiger partial charge in [0.05, 0.1) is 0 Å². The quantitative estimate of drug-likeness (QED) is 0.444. The van der Waals surface area contributed by atoms with Gasteiger partial charge in [0.15, 0.2) is 0 Å². The molecule has 0 N–H and O–H groups in total. The third kappa shape index (κ3) is 10.1. The summed E-state index contributed by atoms with van der Waals surface area (Å²) in [4.78, 5) is 6.93. The minimum atomic E-state index is -2.02. The van der Waals surface area contributed by atoms with Gasteiger partial charge in [-0.3, -0.25) is 0 Å². The van der Waals surface area contributed by atoms with Crippen LogP contribution >= 0.6 is 0 Å². The second-order valence-corrected chi connectivity index (χ2v) is 11.8. The lowest BCUT2D eigenvalue weighted by atomic mass is 9.75. The molecule has 0 heterocycles. The van der Waals surface area contributed by atoms with Crippen LogP contribution in [0.5, 0.6) is 0 Å². The first-order chi connectivity index (χ1) is 11.1. The number of rotatable bonds is 14.